The van der Waals surface area contributed by atoms with Crippen molar-refractivity contribution in [2.24, 2.45) is 0 Å². The van der Waals surface area contributed by atoms with Crippen LogP contribution in [0.4, 0.5) is 0 Å². The van der Waals surface area contributed by atoms with Crippen LogP contribution in [0.2, 0.25) is 0 Å². The number of carbonyl (C=O) groups excluding carboxylic acids is 1. The average molecular weight is 310 g/mol. The molecule has 0 saturated heterocycles. The predicted molar refractivity (Wildman–Crippen MR) is 78.9 cm³/mol. The molecule has 1 rings (SSSR count). The number of rotatable bonds is 4. The lowest BCUT2D eigenvalue weighted by molar-refractivity contribution is -0.128. The first-order chi connectivity index (χ1) is 9.78. The normalized spacial score (nSPS) is 10.9. The maximum Gasteiger partial charge on any atom is 0.243 e. The Balaban J connectivity index is 3.05. The number of hydrogen-bond acceptors (Lipinski definition) is 4. The summed E-state index contributed by atoms with van der Waals surface area (Å²) in [5.41, 5.74) is 0.484. The Labute approximate surface area is 125 Å². The van der Waals surface area contributed by atoms with Gasteiger partial charge in [0, 0.05) is 26.7 Å². The molecule has 0 spiro atoms. The lowest BCUT2D eigenvalue weighted by Crippen LogP contribution is -2.37. The Morgan fingerprint density at radius 3 is 2.52 bits per heavy atom. The van der Waals surface area contributed by atoms with E-state index < -0.39 is 10.0 Å². The van der Waals surface area contributed by atoms with E-state index in [1.807, 2.05) is 0 Å². The molecule has 0 unspecified atom stereocenters. The first-order valence-electron chi connectivity index (χ1n) is 6.15. The van der Waals surface area contributed by atoms with Crippen molar-refractivity contribution in [1.29, 1.82) is 0 Å². The van der Waals surface area contributed by atoms with Crippen molar-refractivity contribution in [3.63, 3.8) is 0 Å². The van der Waals surface area contributed by atoms with E-state index in [0.29, 0.717) is 5.56 Å². The minimum Gasteiger partial charge on any atom is -0.384 e. The van der Waals surface area contributed by atoms with Crippen molar-refractivity contribution >= 4 is 15.9 Å². The molecular formula is C14H18N2O4S. The molecule has 0 aliphatic carbocycles. The van der Waals surface area contributed by atoms with Gasteiger partial charge in [0.2, 0.25) is 15.9 Å². The standard InChI is InChI=1S/C14H18N2O4S/c1-15(2)14(18)11-16(3)21(19,20)13-8-4-6-12(10-13)7-5-9-17/h4,6,8,10,17H,9,11H2,1-3H3. The number of amides is 1. The van der Waals surface area contributed by atoms with E-state index in [0.717, 1.165) is 4.31 Å². The molecule has 0 saturated carbocycles. The van der Waals surface area contributed by atoms with Gasteiger partial charge < -0.3 is 10.0 Å². The van der Waals surface area contributed by atoms with Crippen molar-refractivity contribution in [1.82, 2.24) is 9.21 Å². The Bertz CT molecular complexity index is 672. The topological polar surface area (TPSA) is 77.9 Å². The molecule has 1 aromatic rings. The minimum absolute atomic E-state index is 0.0568. The third kappa shape index (κ3) is 4.56. The summed E-state index contributed by atoms with van der Waals surface area (Å²) in [6.45, 7) is -0.532. The SMILES string of the molecule is CN(C)C(=O)CN(C)S(=O)(=O)c1cccc(C#CCO)c1. The third-order valence-corrected chi connectivity index (χ3v) is 4.51. The zero-order chi connectivity index (χ0) is 16.0. The fraction of sp³-hybridized carbons (Fsp3) is 0.357. The van der Waals surface area contributed by atoms with Crippen LogP contribution in [0.1, 0.15) is 5.56 Å². The predicted octanol–water partition coefficient (Wildman–Crippen LogP) is -0.261. The van der Waals surface area contributed by atoms with E-state index in [-0.39, 0.29) is 24.0 Å². The summed E-state index contributed by atoms with van der Waals surface area (Å²) in [4.78, 5) is 13.0. The van der Waals surface area contributed by atoms with Gasteiger partial charge >= 0.3 is 0 Å². The lowest BCUT2D eigenvalue weighted by Gasteiger charge is -2.19. The second-order valence-corrected chi connectivity index (χ2v) is 6.58. The van der Waals surface area contributed by atoms with E-state index >= 15 is 0 Å². The highest BCUT2D eigenvalue weighted by molar-refractivity contribution is 7.89. The summed E-state index contributed by atoms with van der Waals surface area (Å²) in [5, 5.41) is 8.65. The van der Waals surface area contributed by atoms with Crippen molar-refractivity contribution in [2.75, 3.05) is 34.3 Å². The van der Waals surface area contributed by atoms with Gasteiger partial charge in [0.05, 0.1) is 11.4 Å². The van der Waals surface area contributed by atoms with Gasteiger partial charge in [0.15, 0.2) is 0 Å². The molecule has 0 heterocycles. The van der Waals surface area contributed by atoms with Crippen LogP contribution in [0.25, 0.3) is 0 Å². The molecule has 0 aliphatic rings. The molecule has 0 atom stereocenters. The van der Waals surface area contributed by atoms with Crippen molar-refractivity contribution in [3.05, 3.63) is 29.8 Å². The Kier molecular flexibility index (Phi) is 5.90. The van der Waals surface area contributed by atoms with Crippen LogP contribution in [0, 0.1) is 11.8 Å². The summed E-state index contributed by atoms with van der Waals surface area (Å²) in [6.07, 6.45) is 0. The van der Waals surface area contributed by atoms with Gasteiger partial charge in [-0.15, -0.1) is 0 Å². The zero-order valence-electron chi connectivity index (χ0n) is 12.2. The fourth-order valence-electron chi connectivity index (χ4n) is 1.47. The fourth-order valence-corrected chi connectivity index (χ4v) is 2.64. The van der Waals surface area contributed by atoms with Crippen LogP contribution in [0.3, 0.4) is 0 Å². The van der Waals surface area contributed by atoms with Crippen LogP contribution in [0.5, 0.6) is 0 Å². The van der Waals surface area contributed by atoms with Crippen LogP contribution in [-0.4, -0.2) is 62.9 Å². The molecule has 0 bridgehead atoms. The summed E-state index contributed by atoms with van der Waals surface area (Å²) >= 11 is 0. The second kappa shape index (κ2) is 7.22. The number of likely N-dealkylation sites (N-methyl/N-ethyl adjacent to an activating group) is 2. The Morgan fingerprint density at radius 2 is 1.95 bits per heavy atom. The molecule has 1 N–H and O–H groups in total. The molecule has 0 aromatic heterocycles. The number of aliphatic hydroxyl groups is 1. The molecule has 114 valence electrons. The maximum atomic E-state index is 12.4. The number of sulfonamides is 1. The number of aliphatic hydroxyl groups excluding tert-OH is 1. The highest BCUT2D eigenvalue weighted by Crippen LogP contribution is 2.15. The van der Waals surface area contributed by atoms with Gasteiger partial charge in [-0.2, -0.15) is 4.31 Å². The average Bonchev–Trinajstić information content (AvgIpc) is 2.45. The van der Waals surface area contributed by atoms with E-state index in [1.165, 1.54) is 24.1 Å². The summed E-state index contributed by atoms with van der Waals surface area (Å²) in [7, 11) is 0.717. The van der Waals surface area contributed by atoms with Gasteiger partial charge in [0.25, 0.3) is 0 Å². The summed E-state index contributed by atoms with van der Waals surface area (Å²) < 4.78 is 25.7. The van der Waals surface area contributed by atoms with Gasteiger partial charge in [-0.05, 0) is 18.2 Å². The smallest absolute Gasteiger partial charge is 0.243 e. The van der Waals surface area contributed by atoms with Gasteiger partial charge in [-0.1, -0.05) is 17.9 Å². The van der Waals surface area contributed by atoms with Crippen LogP contribution in [-0.2, 0) is 14.8 Å². The van der Waals surface area contributed by atoms with E-state index in [1.54, 1.807) is 26.2 Å². The van der Waals surface area contributed by atoms with Gasteiger partial charge in [0.1, 0.15) is 6.61 Å². The number of nitrogens with zero attached hydrogens (tertiary/aromatic N) is 2. The third-order valence-electron chi connectivity index (χ3n) is 2.71. The molecule has 1 aromatic carbocycles. The molecule has 1 amide bonds. The van der Waals surface area contributed by atoms with E-state index in [2.05, 4.69) is 11.8 Å². The summed E-state index contributed by atoms with van der Waals surface area (Å²) in [5.74, 6) is 4.79. The maximum absolute atomic E-state index is 12.4. The Morgan fingerprint density at radius 1 is 1.29 bits per heavy atom. The highest BCUT2D eigenvalue weighted by Gasteiger charge is 2.23. The number of carbonyl (C=O) groups is 1. The van der Waals surface area contributed by atoms with Crippen LogP contribution >= 0.6 is 0 Å². The quantitative estimate of drug-likeness (QED) is 0.777. The van der Waals surface area contributed by atoms with Crippen molar-refractivity contribution in [3.8, 4) is 11.8 Å². The second-order valence-electron chi connectivity index (χ2n) is 4.54. The highest BCUT2D eigenvalue weighted by atomic mass is 32.2. The number of benzene rings is 1. The molecule has 0 radical (unpaired) electrons. The zero-order valence-corrected chi connectivity index (χ0v) is 13.0. The lowest BCUT2D eigenvalue weighted by atomic mass is 10.2. The minimum atomic E-state index is -3.76. The van der Waals surface area contributed by atoms with E-state index in [9.17, 15) is 13.2 Å². The molecule has 0 aliphatic heterocycles. The van der Waals surface area contributed by atoms with Crippen molar-refractivity contribution in [2.45, 2.75) is 4.90 Å². The monoisotopic (exact) mass is 310 g/mol. The first kappa shape index (κ1) is 17.2. The molecule has 0 fully saturated rings. The van der Waals surface area contributed by atoms with Crippen LogP contribution < -0.4 is 0 Å². The molecule has 7 heteroatoms. The van der Waals surface area contributed by atoms with Gasteiger partial charge in [-0.25, -0.2) is 8.42 Å². The Hall–Kier alpha value is -1.88. The van der Waals surface area contributed by atoms with E-state index in [4.69, 9.17) is 5.11 Å². The summed E-state index contributed by atoms with van der Waals surface area (Å²) in [6, 6.07) is 6.06. The van der Waals surface area contributed by atoms with Crippen LogP contribution in [0.15, 0.2) is 29.2 Å². The van der Waals surface area contributed by atoms with Gasteiger partial charge in [-0.3, -0.25) is 4.79 Å². The van der Waals surface area contributed by atoms with Crippen molar-refractivity contribution < 1.29 is 18.3 Å². The molecule has 6 nitrogen and oxygen atoms in total. The largest absolute Gasteiger partial charge is 0.384 e. The molecular weight excluding hydrogens is 292 g/mol. The number of hydrogen-bond donors (Lipinski definition) is 1. The first-order valence-corrected chi connectivity index (χ1v) is 7.59. The molecule has 21 heavy (non-hydrogen) atoms.